The van der Waals surface area contributed by atoms with Crippen molar-refractivity contribution in [3.63, 3.8) is 0 Å². The Morgan fingerprint density at radius 3 is 2.56 bits per heavy atom. The van der Waals surface area contributed by atoms with Crippen LogP contribution in [0.1, 0.15) is 24.1 Å². The first-order valence-corrected chi connectivity index (χ1v) is 7.05. The van der Waals surface area contributed by atoms with Crippen molar-refractivity contribution in [3.8, 4) is 0 Å². The summed E-state index contributed by atoms with van der Waals surface area (Å²) in [6, 6.07) is 16.6. The summed E-state index contributed by atoms with van der Waals surface area (Å²) >= 11 is 9.36. The first-order valence-electron chi connectivity index (χ1n) is 5.88. The molecule has 3 heteroatoms. The minimum absolute atomic E-state index is 0.307. The second kappa shape index (κ2) is 6.37. The lowest BCUT2D eigenvalue weighted by atomic mass is 10.1. The highest BCUT2D eigenvalue weighted by Crippen LogP contribution is 2.17. The number of benzene rings is 2. The van der Waals surface area contributed by atoms with Gasteiger partial charge in [-0.05, 0) is 42.3 Å². The lowest BCUT2D eigenvalue weighted by molar-refractivity contribution is 0.574. The number of hydrogen-bond donors (Lipinski definition) is 1. The van der Waals surface area contributed by atoms with Crippen LogP contribution in [0.25, 0.3) is 0 Å². The largest absolute Gasteiger partial charge is 0.306 e. The van der Waals surface area contributed by atoms with E-state index in [4.69, 9.17) is 11.6 Å². The average Bonchev–Trinajstić information content (AvgIpc) is 2.37. The standard InChI is InChI=1S/C15H15BrClN/c1-11(13-5-7-15(17)8-6-13)18-10-12-3-2-4-14(16)9-12/h2-9,11,18H,10H2,1H3/t11-/m0/s1. The van der Waals surface area contributed by atoms with Gasteiger partial charge in [-0.25, -0.2) is 0 Å². The van der Waals surface area contributed by atoms with Gasteiger partial charge >= 0.3 is 0 Å². The van der Waals surface area contributed by atoms with Gasteiger partial charge < -0.3 is 5.32 Å². The molecule has 2 aromatic carbocycles. The second-order valence-corrected chi connectivity index (χ2v) is 5.64. The highest BCUT2D eigenvalue weighted by atomic mass is 79.9. The van der Waals surface area contributed by atoms with Crippen LogP contribution >= 0.6 is 27.5 Å². The van der Waals surface area contributed by atoms with E-state index in [1.165, 1.54) is 11.1 Å². The molecule has 1 nitrogen and oxygen atoms in total. The maximum Gasteiger partial charge on any atom is 0.0406 e. The fourth-order valence-corrected chi connectivity index (χ4v) is 2.36. The quantitative estimate of drug-likeness (QED) is 0.838. The summed E-state index contributed by atoms with van der Waals surface area (Å²) in [4.78, 5) is 0. The summed E-state index contributed by atoms with van der Waals surface area (Å²) in [6.07, 6.45) is 0. The van der Waals surface area contributed by atoms with E-state index in [1.807, 2.05) is 24.3 Å². The predicted octanol–water partition coefficient (Wildman–Crippen LogP) is 4.95. The van der Waals surface area contributed by atoms with Crippen molar-refractivity contribution in [1.29, 1.82) is 0 Å². The van der Waals surface area contributed by atoms with Gasteiger partial charge in [-0.3, -0.25) is 0 Å². The molecule has 0 unspecified atom stereocenters. The number of rotatable bonds is 4. The summed E-state index contributed by atoms with van der Waals surface area (Å²) in [6.45, 7) is 3.00. The van der Waals surface area contributed by atoms with Gasteiger partial charge in [-0.2, -0.15) is 0 Å². The Morgan fingerprint density at radius 1 is 1.17 bits per heavy atom. The van der Waals surface area contributed by atoms with Crippen LogP contribution in [0, 0.1) is 0 Å². The van der Waals surface area contributed by atoms with Crippen molar-refractivity contribution in [3.05, 3.63) is 69.2 Å². The SMILES string of the molecule is C[C@H](NCc1cccc(Br)c1)c1ccc(Cl)cc1. The van der Waals surface area contributed by atoms with E-state index in [0.29, 0.717) is 6.04 Å². The molecule has 0 aromatic heterocycles. The maximum atomic E-state index is 5.88. The third-order valence-corrected chi connectivity index (χ3v) is 3.62. The van der Waals surface area contributed by atoms with Gasteiger partial charge in [-0.15, -0.1) is 0 Å². The molecule has 0 aliphatic rings. The molecule has 0 amide bonds. The molecule has 2 rings (SSSR count). The fourth-order valence-electron chi connectivity index (χ4n) is 1.79. The minimum Gasteiger partial charge on any atom is -0.306 e. The molecule has 0 radical (unpaired) electrons. The Balaban J connectivity index is 1.96. The van der Waals surface area contributed by atoms with Crippen LogP contribution in [0.15, 0.2) is 53.0 Å². The van der Waals surface area contributed by atoms with Crippen LogP contribution in [-0.4, -0.2) is 0 Å². The first-order chi connectivity index (χ1) is 8.65. The van der Waals surface area contributed by atoms with Crippen molar-refractivity contribution in [1.82, 2.24) is 5.32 Å². The third-order valence-electron chi connectivity index (χ3n) is 2.87. The zero-order valence-electron chi connectivity index (χ0n) is 10.2. The molecule has 0 aliphatic heterocycles. The van der Waals surface area contributed by atoms with Gasteiger partial charge in [0.15, 0.2) is 0 Å². The number of halogens is 2. The highest BCUT2D eigenvalue weighted by molar-refractivity contribution is 9.10. The monoisotopic (exact) mass is 323 g/mol. The second-order valence-electron chi connectivity index (χ2n) is 4.28. The van der Waals surface area contributed by atoms with Crippen molar-refractivity contribution in [2.75, 3.05) is 0 Å². The zero-order valence-corrected chi connectivity index (χ0v) is 12.5. The van der Waals surface area contributed by atoms with Crippen LogP contribution in [0.2, 0.25) is 5.02 Å². The van der Waals surface area contributed by atoms with Crippen LogP contribution < -0.4 is 5.32 Å². The minimum atomic E-state index is 0.307. The van der Waals surface area contributed by atoms with E-state index >= 15 is 0 Å². The topological polar surface area (TPSA) is 12.0 Å². The van der Waals surface area contributed by atoms with Crippen molar-refractivity contribution >= 4 is 27.5 Å². The maximum absolute atomic E-state index is 5.88. The van der Waals surface area contributed by atoms with Gasteiger partial charge in [0.25, 0.3) is 0 Å². The zero-order chi connectivity index (χ0) is 13.0. The molecule has 0 bridgehead atoms. The molecule has 0 saturated heterocycles. The van der Waals surface area contributed by atoms with Gasteiger partial charge in [0.05, 0.1) is 0 Å². The summed E-state index contributed by atoms with van der Waals surface area (Å²) in [7, 11) is 0. The first kappa shape index (κ1) is 13.6. The third kappa shape index (κ3) is 3.84. The van der Waals surface area contributed by atoms with Crippen LogP contribution in [0.3, 0.4) is 0 Å². The van der Waals surface area contributed by atoms with Crippen LogP contribution in [-0.2, 0) is 6.54 Å². The molecule has 1 N–H and O–H groups in total. The molecule has 1 atom stereocenters. The van der Waals surface area contributed by atoms with E-state index in [9.17, 15) is 0 Å². The fraction of sp³-hybridized carbons (Fsp3) is 0.200. The summed E-state index contributed by atoms with van der Waals surface area (Å²) in [5.41, 5.74) is 2.51. The molecule has 94 valence electrons. The molecular formula is C15H15BrClN. The molecule has 0 spiro atoms. The molecule has 0 fully saturated rings. The lowest BCUT2D eigenvalue weighted by Gasteiger charge is -2.14. The summed E-state index contributed by atoms with van der Waals surface area (Å²) < 4.78 is 1.11. The van der Waals surface area contributed by atoms with E-state index in [-0.39, 0.29) is 0 Å². The lowest BCUT2D eigenvalue weighted by Crippen LogP contribution is -2.17. The molecular weight excluding hydrogens is 310 g/mol. The number of nitrogens with one attached hydrogen (secondary N) is 1. The van der Waals surface area contributed by atoms with E-state index < -0.39 is 0 Å². The Labute approximate surface area is 121 Å². The van der Waals surface area contributed by atoms with Crippen LogP contribution in [0.4, 0.5) is 0 Å². The van der Waals surface area contributed by atoms with Crippen molar-refractivity contribution < 1.29 is 0 Å². The van der Waals surface area contributed by atoms with E-state index in [1.54, 1.807) is 0 Å². The van der Waals surface area contributed by atoms with Crippen molar-refractivity contribution in [2.24, 2.45) is 0 Å². The van der Waals surface area contributed by atoms with E-state index in [2.05, 4.69) is 52.4 Å². The highest BCUT2D eigenvalue weighted by Gasteiger charge is 2.04. The van der Waals surface area contributed by atoms with Gasteiger partial charge in [0, 0.05) is 22.1 Å². The van der Waals surface area contributed by atoms with Gasteiger partial charge in [0.1, 0.15) is 0 Å². The van der Waals surface area contributed by atoms with Crippen LogP contribution in [0.5, 0.6) is 0 Å². The summed E-state index contributed by atoms with van der Waals surface area (Å²) in [5, 5.41) is 4.27. The Morgan fingerprint density at radius 2 is 1.89 bits per heavy atom. The summed E-state index contributed by atoms with van der Waals surface area (Å²) in [5.74, 6) is 0. The number of hydrogen-bond acceptors (Lipinski definition) is 1. The Bertz CT molecular complexity index is 510. The Hall–Kier alpha value is -0.830. The Kier molecular flexibility index (Phi) is 4.81. The molecule has 0 aliphatic carbocycles. The predicted molar refractivity (Wildman–Crippen MR) is 80.8 cm³/mol. The molecule has 2 aromatic rings. The van der Waals surface area contributed by atoms with E-state index in [0.717, 1.165) is 16.0 Å². The van der Waals surface area contributed by atoms with Gasteiger partial charge in [0.2, 0.25) is 0 Å². The molecule has 0 saturated carbocycles. The molecule has 0 heterocycles. The molecule has 18 heavy (non-hydrogen) atoms. The normalized spacial score (nSPS) is 12.4. The smallest absolute Gasteiger partial charge is 0.0406 e. The average molecular weight is 325 g/mol. The van der Waals surface area contributed by atoms with Gasteiger partial charge in [-0.1, -0.05) is 51.8 Å². The van der Waals surface area contributed by atoms with Crippen molar-refractivity contribution in [2.45, 2.75) is 19.5 Å².